The summed E-state index contributed by atoms with van der Waals surface area (Å²) >= 11 is 0. The van der Waals surface area contributed by atoms with Gasteiger partial charge in [-0.15, -0.1) is 0 Å². The largest absolute Gasteiger partial charge is 0.435 e. The summed E-state index contributed by atoms with van der Waals surface area (Å²) in [4.78, 5) is 13.0. The number of fused-ring (bicyclic) bond motifs is 1. The summed E-state index contributed by atoms with van der Waals surface area (Å²) in [5, 5.41) is 8.31. The third-order valence-electron chi connectivity index (χ3n) is 5.63. The monoisotopic (exact) mass is 477 g/mol. The zero-order valence-corrected chi connectivity index (χ0v) is 19.5. The number of hydrogen-bond acceptors (Lipinski definition) is 5. The number of hydrogen-bond donors (Lipinski definition) is 1. The number of aromatic nitrogens is 2. The van der Waals surface area contributed by atoms with Crippen molar-refractivity contribution in [3.05, 3.63) is 53.2 Å². The van der Waals surface area contributed by atoms with E-state index in [-0.39, 0.29) is 29.1 Å². The van der Waals surface area contributed by atoms with E-state index in [0.717, 1.165) is 16.6 Å². The fraction of sp³-hybridized carbons (Fsp3) is 0.391. The summed E-state index contributed by atoms with van der Waals surface area (Å²) in [5.74, 6) is -0.462. The molecule has 176 valence electrons. The number of rotatable bonds is 6. The Labute approximate surface area is 190 Å². The molecular formula is C23H25F2N3O4S. The molecule has 1 N–H and O–H groups in total. The number of carbonyl (C=O) groups is 1. The van der Waals surface area contributed by atoms with E-state index in [1.54, 1.807) is 36.7 Å². The van der Waals surface area contributed by atoms with Crippen molar-refractivity contribution in [3.8, 4) is 11.4 Å². The van der Waals surface area contributed by atoms with Crippen molar-refractivity contribution in [2.24, 2.45) is 0 Å². The van der Waals surface area contributed by atoms with Crippen LogP contribution in [-0.4, -0.2) is 47.8 Å². The molecule has 0 aliphatic carbocycles. The molecule has 2 heterocycles. The first-order chi connectivity index (χ1) is 15.4. The molecule has 7 nitrogen and oxygen atoms in total. The molecule has 0 saturated carbocycles. The van der Waals surface area contributed by atoms with Crippen molar-refractivity contribution >= 4 is 26.6 Å². The van der Waals surface area contributed by atoms with Gasteiger partial charge in [0.2, 0.25) is 0 Å². The van der Waals surface area contributed by atoms with Crippen LogP contribution in [0, 0.1) is 6.92 Å². The van der Waals surface area contributed by atoms with Crippen LogP contribution in [0.1, 0.15) is 48.3 Å². The summed E-state index contributed by atoms with van der Waals surface area (Å²) in [5.41, 5.74) is 2.35. The van der Waals surface area contributed by atoms with Gasteiger partial charge in [-0.1, -0.05) is 19.9 Å². The lowest BCUT2D eigenvalue weighted by Gasteiger charge is -2.38. The van der Waals surface area contributed by atoms with Gasteiger partial charge in [0.1, 0.15) is 5.75 Å². The summed E-state index contributed by atoms with van der Waals surface area (Å²) < 4.78 is 54.7. The van der Waals surface area contributed by atoms with Gasteiger partial charge in [-0.2, -0.15) is 13.9 Å². The van der Waals surface area contributed by atoms with E-state index < -0.39 is 22.0 Å². The number of benzene rings is 2. The topological polar surface area (TPSA) is 90.3 Å². The third-order valence-corrected chi connectivity index (χ3v) is 7.78. The molecule has 0 radical (unpaired) electrons. The molecule has 1 aliphatic rings. The molecule has 33 heavy (non-hydrogen) atoms. The number of carbonyl (C=O) groups excluding carboxylic acids is 1. The van der Waals surface area contributed by atoms with Crippen molar-refractivity contribution in [2.75, 3.05) is 11.5 Å². The first-order valence-corrected chi connectivity index (χ1v) is 12.3. The Morgan fingerprint density at radius 3 is 2.52 bits per heavy atom. The number of amides is 1. The molecule has 0 spiro atoms. The van der Waals surface area contributed by atoms with Crippen LogP contribution in [0.2, 0.25) is 0 Å². The standard InChI is InChI=1S/C23H25F2N3O4S/c1-13(2)20-18-10-17(21(29)26-23(4)11-33(30,31)12-23)14(3)8-19(18)28(27-20)15-6-5-7-16(9-15)32-22(24)25/h5-10,13,22H,11-12H2,1-4H3,(H,26,29). The minimum atomic E-state index is -3.10. The van der Waals surface area contributed by atoms with Gasteiger partial charge in [0.05, 0.1) is 33.9 Å². The van der Waals surface area contributed by atoms with Gasteiger partial charge in [0.15, 0.2) is 9.84 Å². The van der Waals surface area contributed by atoms with E-state index >= 15 is 0 Å². The second-order valence-corrected chi connectivity index (χ2v) is 11.1. The number of nitrogens with one attached hydrogen (secondary N) is 1. The average Bonchev–Trinajstić information content (AvgIpc) is 3.03. The highest BCUT2D eigenvalue weighted by atomic mass is 32.2. The lowest BCUT2D eigenvalue weighted by atomic mass is 9.99. The molecule has 2 aromatic carbocycles. The van der Waals surface area contributed by atoms with Crippen molar-refractivity contribution in [3.63, 3.8) is 0 Å². The van der Waals surface area contributed by atoms with Crippen LogP contribution in [0.25, 0.3) is 16.6 Å². The van der Waals surface area contributed by atoms with Crippen molar-refractivity contribution in [2.45, 2.75) is 45.8 Å². The Kier molecular flexibility index (Phi) is 5.68. The highest BCUT2D eigenvalue weighted by Gasteiger charge is 2.45. The molecule has 1 aliphatic heterocycles. The molecule has 1 aromatic heterocycles. The Morgan fingerprint density at radius 1 is 1.21 bits per heavy atom. The molecular weight excluding hydrogens is 452 g/mol. The Balaban J connectivity index is 1.77. The maximum absolute atomic E-state index is 13.0. The highest BCUT2D eigenvalue weighted by Crippen LogP contribution is 2.31. The van der Waals surface area contributed by atoms with Crippen LogP contribution in [0.3, 0.4) is 0 Å². The number of ether oxygens (including phenoxy) is 1. The zero-order chi connectivity index (χ0) is 24.1. The van der Waals surface area contributed by atoms with E-state index in [1.165, 1.54) is 12.1 Å². The number of halogens is 2. The van der Waals surface area contributed by atoms with E-state index in [2.05, 4.69) is 10.1 Å². The van der Waals surface area contributed by atoms with Gasteiger partial charge in [0.25, 0.3) is 5.91 Å². The zero-order valence-electron chi connectivity index (χ0n) is 18.7. The average molecular weight is 478 g/mol. The van der Waals surface area contributed by atoms with Gasteiger partial charge in [-0.3, -0.25) is 4.79 Å². The molecule has 0 unspecified atom stereocenters. The molecule has 1 amide bonds. The van der Waals surface area contributed by atoms with Crippen molar-refractivity contribution < 1.29 is 26.7 Å². The van der Waals surface area contributed by atoms with Crippen LogP contribution in [0.4, 0.5) is 8.78 Å². The number of nitrogens with zero attached hydrogens (tertiary/aromatic N) is 2. The van der Waals surface area contributed by atoms with E-state index in [1.807, 2.05) is 19.9 Å². The number of aryl methyl sites for hydroxylation is 1. The van der Waals surface area contributed by atoms with Crippen LogP contribution in [-0.2, 0) is 9.84 Å². The predicted molar refractivity (Wildman–Crippen MR) is 121 cm³/mol. The summed E-state index contributed by atoms with van der Waals surface area (Å²) in [6, 6.07) is 9.86. The van der Waals surface area contributed by atoms with Crippen molar-refractivity contribution in [1.82, 2.24) is 15.1 Å². The SMILES string of the molecule is Cc1cc2c(cc1C(=O)NC1(C)CS(=O)(=O)C1)c(C(C)C)nn2-c1cccc(OC(F)F)c1. The molecule has 10 heteroatoms. The summed E-state index contributed by atoms with van der Waals surface area (Å²) in [7, 11) is -3.10. The van der Waals surface area contributed by atoms with Gasteiger partial charge in [0, 0.05) is 17.0 Å². The Hall–Kier alpha value is -3.01. The number of alkyl halides is 2. The molecule has 3 aromatic rings. The van der Waals surface area contributed by atoms with Crippen molar-refractivity contribution in [1.29, 1.82) is 0 Å². The van der Waals surface area contributed by atoms with E-state index in [4.69, 9.17) is 5.10 Å². The third kappa shape index (κ3) is 4.57. The van der Waals surface area contributed by atoms with Crippen LogP contribution < -0.4 is 10.1 Å². The summed E-state index contributed by atoms with van der Waals surface area (Å²) in [6.07, 6.45) is 0. The minimum Gasteiger partial charge on any atom is -0.435 e. The van der Waals surface area contributed by atoms with Gasteiger partial charge in [-0.05, 0) is 49.6 Å². The lowest BCUT2D eigenvalue weighted by Crippen LogP contribution is -2.63. The first-order valence-electron chi connectivity index (χ1n) is 10.5. The predicted octanol–water partition coefficient (Wildman–Crippen LogP) is 3.98. The smallest absolute Gasteiger partial charge is 0.387 e. The molecule has 4 rings (SSSR count). The van der Waals surface area contributed by atoms with E-state index in [0.29, 0.717) is 16.8 Å². The molecule has 1 saturated heterocycles. The lowest BCUT2D eigenvalue weighted by molar-refractivity contribution is -0.0498. The maximum Gasteiger partial charge on any atom is 0.387 e. The van der Waals surface area contributed by atoms with Gasteiger partial charge < -0.3 is 10.1 Å². The number of sulfone groups is 1. The van der Waals surface area contributed by atoms with Gasteiger partial charge >= 0.3 is 6.61 Å². The van der Waals surface area contributed by atoms with Crippen LogP contribution in [0.5, 0.6) is 5.75 Å². The second-order valence-electron chi connectivity index (χ2n) is 9.06. The first kappa shape index (κ1) is 23.2. The second kappa shape index (κ2) is 8.09. The highest BCUT2D eigenvalue weighted by molar-refractivity contribution is 7.93. The van der Waals surface area contributed by atoms with Crippen LogP contribution in [0.15, 0.2) is 36.4 Å². The quantitative estimate of drug-likeness (QED) is 0.580. The fourth-order valence-electron chi connectivity index (χ4n) is 4.29. The summed E-state index contributed by atoms with van der Waals surface area (Å²) in [6.45, 7) is 4.52. The molecule has 0 atom stereocenters. The van der Waals surface area contributed by atoms with Crippen LogP contribution >= 0.6 is 0 Å². The maximum atomic E-state index is 13.0. The van der Waals surface area contributed by atoms with Gasteiger partial charge in [-0.25, -0.2) is 13.1 Å². The minimum absolute atomic E-state index is 0.0219. The Morgan fingerprint density at radius 2 is 1.91 bits per heavy atom. The Bertz CT molecular complexity index is 1340. The molecule has 0 bridgehead atoms. The normalized spacial score (nSPS) is 16.7. The fourth-order valence-corrected chi connectivity index (χ4v) is 6.29. The molecule has 1 fully saturated rings. The van der Waals surface area contributed by atoms with E-state index in [9.17, 15) is 22.0 Å².